The zero-order valence-electron chi connectivity index (χ0n) is 23.9. The van der Waals surface area contributed by atoms with Gasteiger partial charge in [0.1, 0.15) is 11.3 Å². The lowest BCUT2D eigenvalue weighted by Crippen LogP contribution is -2.39. The predicted molar refractivity (Wildman–Crippen MR) is 149 cm³/mol. The Morgan fingerprint density at radius 1 is 1.07 bits per heavy atom. The molecule has 1 unspecified atom stereocenters. The number of esters is 1. The van der Waals surface area contributed by atoms with Gasteiger partial charge in [0.05, 0.1) is 18.0 Å². The number of nitrogens with one attached hydrogen (secondary N) is 2. The zero-order chi connectivity index (χ0) is 29.6. The lowest BCUT2D eigenvalue weighted by molar-refractivity contribution is -0.151. The molecule has 0 saturated carbocycles. The molecule has 2 aromatic carbocycles. The van der Waals surface area contributed by atoms with Crippen molar-refractivity contribution in [2.24, 2.45) is 0 Å². The third-order valence-corrected chi connectivity index (χ3v) is 6.41. The molecule has 1 atom stereocenters. The van der Waals surface area contributed by atoms with Crippen molar-refractivity contribution in [2.45, 2.75) is 71.9 Å². The third kappa shape index (κ3) is 7.20. The molecule has 3 aromatic rings. The van der Waals surface area contributed by atoms with Crippen LogP contribution in [0.5, 0.6) is 0 Å². The molecule has 0 aliphatic carbocycles. The molecule has 0 amide bonds. The van der Waals surface area contributed by atoms with Gasteiger partial charge in [-0.2, -0.15) is 5.21 Å². The first-order chi connectivity index (χ1) is 19.6. The smallest absolute Gasteiger partial charge is 0.431 e. The van der Waals surface area contributed by atoms with Crippen LogP contribution in [0.4, 0.5) is 4.79 Å². The molecule has 1 aliphatic heterocycles. The van der Waals surface area contributed by atoms with Crippen LogP contribution in [0.3, 0.4) is 0 Å². The Hall–Kier alpha value is -4.45. The number of tetrazole rings is 1. The summed E-state index contributed by atoms with van der Waals surface area (Å²) < 4.78 is 15.1. The van der Waals surface area contributed by atoms with Gasteiger partial charge in [-0.1, -0.05) is 61.9 Å². The molecule has 12 heteroatoms. The minimum atomic E-state index is -1.35. The highest BCUT2D eigenvalue weighted by Crippen LogP contribution is 2.33. The first kappa shape index (κ1) is 29.5. The molecule has 2 heterocycles. The predicted octanol–water partition coefficient (Wildman–Crippen LogP) is 4.11. The minimum Gasteiger partial charge on any atom is -0.431 e. The first-order valence-electron chi connectivity index (χ1n) is 13.5. The van der Waals surface area contributed by atoms with E-state index in [2.05, 4.69) is 25.9 Å². The highest BCUT2D eigenvalue weighted by atomic mass is 16.8. The van der Waals surface area contributed by atoms with Gasteiger partial charge >= 0.3 is 12.1 Å². The summed E-state index contributed by atoms with van der Waals surface area (Å²) in [6.45, 7) is 8.36. The summed E-state index contributed by atoms with van der Waals surface area (Å²) in [5.41, 5.74) is 2.89. The molecule has 0 spiro atoms. The molecule has 41 heavy (non-hydrogen) atoms. The van der Waals surface area contributed by atoms with Crippen LogP contribution in [0.25, 0.3) is 22.5 Å². The molecular weight excluding hydrogens is 528 g/mol. The largest absolute Gasteiger partial charge is 0.511 e. The number of benzene rings is 2. The van der Waals surface area contributed by atoms with E-state index in [-0.39, 0.29) is 18.0 Å². The van der Waals surface area contributed by atoms with Crippen molar-refractivity contribution >= 4 is 12.1 Å². The standard InChI is InChI=1S/C29H36N6O6/c1-6-9-23-30-25(29(4,5)38)24(27(36)39-17-40-28(37)41-18(2)3)35(23)16-19-12-14-20(15-13-19)21-10-7-8-11-22(21)26-31-33-34-32-26/h7-8,10-15,18,23,30,38H,6,9,16-17H2,1-5H3,(H,31,32,33,34). The van der Waals surface area contributed by atoms with Gasteiger partial charge in [0.25, 0.3) is 0 Å². The van der Waals surface area contributed by atoms with Crippen molar-refractivity contribution in [1.82, 2.24) is 30.8 Å². The fraction of sp³-hybridized carbons (Fsp3) is 0.414. The van der Waals surface area contributed by atoms with Crippen LogP contribution in [0.1, 0.15) is 53.0 Å². The van der Waals surface area contributed by atoms with Crippen molar-refractivity contribution < 1.29 is 28.9 Å². The average Bonchev–Trinajstić information content (AvgIpc) is 3.58. The van der Waals surface area contributed by atoms with Gasteiger partial charge in [-0.15, -0.1) is 10.2 Å². The molecule has 0 bridgehead atoms. The lowest BCUT2D eigenvalue weighted by atomic mass is 9.98. The van der Waals surface area contributed by atoms with Crippen LogP contribution in [-0.4, -0.2) is 67.4 Å². The van der Waals surface area contributed by atoms with E-state index in [0.29, 0.717) is 24.5 Å². The SMILES string of the molecule is CCCC1NC(C(C)(C)O)=C(C(=O)OCOC(=O)OC(C)C)N1Cc1ccc(-c2ccccc2-c2nn[nH]n2)cc1. The van der Waals surface area contributed by atoms with Crippen LogP contribution in [0, 0.1) is 0 Å². The summed E-state index contributed by atoms with van der Waals surface area (Å²) in [4.78, 5) is 26.9. The van der Waals surface area contributed by atoms with E-state index in [1.807, 2.05) is 60.4 Å². The monoisotopic (exact) mass is 564 g/mol. The van der Waals surface area contributed by atoms with Crippen LogP contribution in [0.2, 0.25) is 0 Å². The van der Waals surface area contributed by atoms with E-state index in [0.717, 1.165) is 28.7 Å². The molecule has 1 aliphatic rings. The number of hydrogen-bond acceptors (Lipinski definition) is 11. The highest BCUT2D eigenvalue weighted by Gasteiger charge is 2.41. The number of aromatic nitrogens is 4. The number of nitrogens with zero attached hydrogens (tertiary/aromatic N) is 4. The molecule has 218 valence electrons. The number of aliphatic hydroxyl groups is 1. The van der Waals surface area contributed by atoms with E-state index < -0.39 is 24.5 Å². The Morgan fingerprint density at radius 2 is 1.78 bits per heavy atom. The van der Waals surface area contributed by atoms with Crippen molar-refractivity contribution in [1.29, 1.82) is 0 Å². The molecular formula is C29H36N6O6. The maximum absolute atomic E-state index is 13.3. The second kappa shape index (κ2) is 12.8. The van der Waals surface area contributed by atoms with Crippen LogP contribution < -0.4 is 5.32 Å². The number of aromatic amines is 1. The molecule has 3 N–H and O–H groups in total. The number of carbonyl (C=O) groups excluding carboxylic acids is 2. The van der Waals surface area contributed by atoms with Crippen LogP contribution in [-0.2, 0) is 25.5 Å². The normalized spacial score (nSPS) is 15.2. The van der Waals surface area contributed by atoms with Crippen LogP contribution in [0.15, 0.2) is 59.9 Å². The molecule has 4 rings (SSSR count). The minimum absolute atomic E-state index is 0.184. The highest BCUT2D eigenvalue weighted by molar-refractivity contribution is 5.89. The van der Waals surface area contributed by atoms with Gasteiger partial charge < -0.3 is 29.5 Å². The Morgan fingerprint density at radius 3 is 2.39 bits per heavy atom. The van der Waals surface area contributed by atoms with Gasteiger partial charge in [0.15, 0.2) is 0 Å². The molecule has 0 radical (unpaired) electrons. The van der Waals surface area contributed by atoms with Crippen molar-refractivity contribution in [2.75, 3.05) is 6.79 Å². The van der Waals surface area contributed by atoms with Gasteiger partial charge in [-0.25, -0.2) is 9.59 Å². The van der Waals surface area contributed by atoms with Crippen molar-refractivity contribution in [3.05, 3.63) is 65.5 Å². The van der Waals surface area contributed by atoms with E-state index in [1.54, 1.807) is 27.7 Å². The Balaban J connectivity index is 1.57. The van der Waals surface area contributed by atoms with E-state index in [1.165, 1.54) is 0 Å². The molecule has 1 aromatic heterocycles. The van der Waals surface area contributed by atoms with E-state index in [9.17, 15) is 14.7 Å². The lowest BCUT2D eigenvalue weighted by Gasteiger charge is -2.28. The Bertz CT molecular complexity index is 1370. The van der Waals surface area contributed by atoms with Crippen LogP contribution >= 0.6 is 0 Å². The Kier molecular flexibility index (Phi) is 9.23. The summed E-state index contributed by atoms with van der Waals surface area (Å²) in [6.07, 6.45) is -0.00828. The third-order valence-electron chi connectivity index (χ3n) is 6.41. The Labute approximate surface area is 238 Å². The number of carbonyl (C=O) groups is 2. The topological polar surface area (TPSA) is 152 Å². The van der Waals surface area contributed by atoms with Crippen molar-refractivity contribution in [3.63, 3.8) is 0 Å². The summed E-state index contributed by atoms with van der Waals surface area (Å²) in [7, 11) is 0. The quantitative estimate of drug-likeness (QED) is 0.228. The zero-order valence-corrected chi connectivity index (χ0v) is 23.9. The summed E-state index contributed by atoms with van der Waals surface area (Å²) in [5.74, 6) is -0.222. The average molecular weight is 565 g/mol. The summed E-state index contributed by atoms with van der Waals surface area (Å²) in [5, 5.41) is 28.6. The van der Waals surface area contributed by atoms with Gasteiger partial charge in [-0.05, 0) is 56.0 Å². The number of ether oxygens (including phenoxy) is 3. The molecule has 0 fully saturated rings. The number of rotatable bonds is 11. The molecule has 0 saturated heterocycles. The van der Waals surface area contributed by atoms with E-state index >= 15 is 0 Å². The summed E-state index contributed by atoms with van der Waals surface area (Å²) in [6, 6.07) is 15.8. The second-order valence-corrected chi connectivity index (χ2v) is 10.4. The second-order valence-electron chi connectivity index (χ2n) is 10.4. The van der Waals surface area contributed by atoms with Gasteiger partial charge in [-0.3, -0.25) is 0 Å². The van der Waals surface area contributed by atoms with Crippen molar-refractivity contribution in [3.8, 4) is 22.5 Å². The summed E-state index contributed by atoms with van der Waals surface area (Å²) >= 11 is 0. The molecule has 12 nitrogen and oxygen atoms in total. The fourth-order valence-electron chi connectivity index (χ4n) is 4.61. The maximum atomic E-state index is 13.3. The van der Waals surface area contributed by atoms with Gasteiger partial charge in [0.2, 0.25) is 12.6 Å². The fourth-order valence-corrected chi connectivity index (χ4v) is 4.61. The first-order valence-corrected chi connectivity index (χ1v) is 13.5. The number of hydrogen-bond donors (Lipinski definition) is 3. The maximum Gasteiger partial charge on any atom is 0.511 e. The van der Waals surface area contributed by atoms with E-state index in [4.69, 9.17) is 14.2 Å². The number of H-pyrrole nitrogens is 1. The van der Waals surface area contributed by atoms with Gasteiger partial charge in [0, 0.05) is 12.1 Å².